The number of carbonyl (C=O) groups excluding carboxylic acids is 1. The highest BCUT2D eigenvalue weighted by Gasteiger charge is 2.19. The van der Waals surface area contributed by atoms with Crippen LogP contribution >= 0.6 is 23.2 Å². The molecule has 0 unspecified atom stereocenters. The molecule has 0 amide bonds. The van der Waals surface area contributed by atoms with E-state index in [9.17, 15) is 4.79 Å². The lowest BCUT2D eigenvalue weighted by atomic mass is 10.1. The van der Waals surface area contributed by atoms with Gasteiger partial charge >= 0.3 is 0 Å². The summed E-state index contributed by atoms with van der Waals surface area (Å²) in [5.74, 6) is 0.686. The average Bonchev–Trinajstić information content (AvgIpc) is 2.89. The number of aromatic nitrogens is 2. The normalized spacial score (nSPS) is 14.1. The molecular weight excluding hydrogens is 389 g/mol. The molecule has 3 rings (SSSR count). The summed E-state index contributed by atoms with van der Waals surface area (Å²) in [5.41, 5.74) is 3.14. The minimum Gasteiger partial charge on any atom is -0.488 e. The summed E-state index contributed by atoms with van der Waals surface area (Å²) in [6.45, 7) is 1.21. The van der Waals surface area contributed by atoms with Crippen LogP contribution in [0.5, 0.6) is 0 Å². The van der Waals surface area contributed by atoms with Crippen LogP contribution in [0.4, 0.5) is 17.2 Å². The molecule has 0 spiro atoms. The van der Waals surface area contributed by atoms with E-state index < -0.39 is 0 Å². The Hall–Kier alpha value is -2.51. The number of benzene rings is 1. The Morgan fingerprint density at radius 3 is 2.89 bits per heavy atom. The van der Waals surface area contributed by atoms with E-state index in [2.05, 4.69) is 20.6 Å². The number of hydrogen-bond donors (Lipinski definition) is 2. The molecule has 2 N–H and O–H groups in total. The summed E-state index contributed by atoms with van der Waals surface area (Å²) in [4.78, 5) is 21.5. The molecule has 0 atom stereocenters. The molecule has 9 heteroatoms. The van der Waals surface area contributed by atoms with Crippen molar-refractivity contribution in [1.29, 1.82) is 0 Å². The van der Waals surface area contributed by atoms with Crippen molar-refractivity contribution in [3.05, 3.63) is 46.0 Å². The van der Waals surface area contributed by atoms with Crippen LogP contribution in [0.25, 0.3) is 5.70 Å². The van der Waals surface area contributed by atoms with Gasteiger partial charge in [0, 0.05) is 37.6 Å². The number of allylic oxidation sites excluding steroid dienone is 1. The van der Waals surface area contributed by atoms with E-state index in [1.807, 2.05) is 37.2 Å². The summed E-state index contributed by atoms with van der Waals surface area (Å²) in [6, 6.07) is 5.74. The summed E-state index contributed by atoms with van der Waals surface area (Å²) in [6.07, 6.45) is 2.97. The van der Waals surface area contributed by atoms with E-state index in [0.29, 0.717) is 29.7 Å². The Labute approximate surface area is 167 Å². The molecule has 7 nitrogen and oxygen atoms in total. The highest BCUT2D eigenvalue weighted by molar-refractivity contribution is 6.33. The second-order valence-electron chi connectivity index (χ2n) is 6.07. The maximum atomic E-state index is 11.5. The molecule has 1 aromatic carbocycles. The zero-order valence-corrected chi connectivity index (χ0v) is 16.4. The monoisotopic (exact) mass is 407 g/mol. The summed E-state index contributed by atoms with van der Waals surface area (Å²) in [5, 5.41) is 6.89. The molecule has 0 fully saturated rings. The second kappa shape index (κ2) is 8.45. The van der Waals surface area contributed by atoms with E-state index in [0.717, 1.165) is 29.6 Å². The largest absolute Gasteiger partial charge is 0.488 e. The maximum absolute atomic E-state index is 11.5. The Morgan fingerprint density at radius 2 is 2.15 bits per heavy atom. The number of rotatable bonds is 5. The third-order valence-electron chi connectivity index (χ3n) is 3.96. The van der Waals surface area contributed by atoms with Gasteiger partial charge in [-0.3, -0.25) is 4.79 Å². The van der Waals surface area contributed by atoms with E-state index in [1.54, 1.807) is 0 Å². The Bertz CT molecular complexity index is 886. The molecule has 0 radical (unpaired) electrons. The van der Waals surface area contributed by atoms with E-state index >= 15 is 0 Å². The number of aldehydes is 1. The molecule has 1 aliphatic rings. The van der Waals surface area contributed by atoms with Gasteiger partial charge in [0.2, 0.25) is 5.28 Å². The lowest BCUT2D eigenvalue weighted by Gasteiger charge is -2.21. The third kappa shape index (κ3) is 4.43. The zero-order valence-electron chi connectivity index (χ0n) is 14.9. The molecule has 0 saturated carbocycles. The first-order chi connectivity index (χ1) is 13.0. The SMILES string of the molecule is CN(C)c1ccc(Nc2nc(Cl)ncc2Cl)cc1C1=C(C=O)OCCCN1. The van der Waals surface area contributed by atoms with Crippen molar-refractivity contribution in [2.45, 2.75) is 6.42 Å². The van der Waals surface area contributed by atoms with Crippen LogP contribution in [0.2, 0.25) is 10.3 Å². The van der Waals surface area contributed by atoms with Crippen molar-refractivity contribution in [1.82, 2.24) is 15.3 Å². The fraction of sp³-hybridized carbons (Fsp3) is 0.278. The van der Waals surface area contributed by atoms with Crippen molar-refractivity contribution in [2.24, 2.45) is 0 Å². The molecule has 1 aromatic heterocycles. The first kappa shape index (κ1) is 19.3. The standard InChI is InChI=1S/C18H19Cl2N5O2/c1-25(2)14-5-4-11(23-17-13(19)9-22-18(20)24-17)8-12(14)16-15(10-26)27-7-3-6-21-16/h4-5,8-10,21H,3,6-7H2,1-2H3,(H,22,23,24). The number of nitrogens with one attached hydrogen (secondary N) is 2. The number of halogens is 2. The molecule has 2 aromatic rings. The molecule has 1 aliphatic heterocycles. The fourth-order valence-electron chi connectivity index (χ4n) is 2.72. The van der Waals surface area contributed by atoms with Gasteiger partial charge in [0.05, 0.1) is 18.5 Å². The van der Waals surface area contributed by atoms with Gasteiger partial charge in [0.15, 0.2) is 17.9 Å². The molecule has 0 bridgehead atoms. The van der Waals surface area contributed by atoms with Crippen molar-refractivity contribution >= 4 is 52.4 Å². The Morgan fingerprint density at radius 1 is 1.33 bits per heavy atom. The van der Waals surface area contributed by atoms with Gasteiger partial charge in [-0.15, -0.1) is 0 Å². The van der Waals surface area contributed by atoms with Crippen molar-refractivity contribution < 1.29 is 9.53 Å². The van der Waals surface area contributed by atoms with E-state index in [-0.39, 0.29) is 11.0 Å². The van der Waals surface area contributed by atoms with Crippen LogP contribution < -0.4 is 15.5 Å². The molecule has 142 valence electrons. The topological polar surface area (TPSA) is 79.4 Å². The van der Waals surface area contributed by atoms with E-state index in [4.69, 9.17) is 27.9 Å². The van der Waals surface area contributed by atoms with Gasteiger partial charge < -0.3 is 20.3 Å². The van der Waals surface area contributed by atoms with Crippen LogP contribution in [0, 0.1) is 0 Å². The van der Waals surface area contributed by atoms with Crippen LogP contribution in [0.15, 0.2) is 30.2 Å². The van der Waals surface area contributed by atoms with Gasteiger partial charge in [0.25, 0.3) is 0 Å². The molecule has 27 heavy (non-hydrogen) atoms. The molecular formula is C18H19Cl2N5O2. The van der Waals surface area contributed by atoms with Gasteiger partial charge in [-0.1, -0.05) is 11.6 Å². The minimum atomic E-state index is 0.0943. The van der Waals surface area contributed by atoms with E-state index in [1.165, 1.54) is 6.20 Å². The summed E-state index contributed by atoms with van der Waals surface area (Å²) < 4.78 is 5.60. The molecule has 0 saturated heterocycles. The Kier molecular flexibility index (Phi) is 6.03. The van der Waals surface area contributed by atoms with Crippen molar-refractivity contribution in [2.75, 3.05) is 37.5 Å². The highest BCUT2D eigenvalue weighted by Crippen LogP contribution is 2.32. The van der Waals surface area contributed by atoms with Crippen LogP contribution in [0.3, 0.4) is 0 Å². The van der Waals surface area contributed by atoms with Crippen molar-refractivity contribution in [3.63, 3.8) is 0 Å². The van der Waals surface area contributed by atoms with Crippen LogP contribution in [-0.2, 0) is 9.53 Å². The van der Waals surface area contributed by atoms with Gasteiger partial charge in [-0.25, -0.2) is 4.98 Å². The number of hydrogen-bond acceptors (Lipinski definition) is 7. The predicted molar refractivity (Wildman–Crippen MR) is 108 cm³/mol. The number of anilines is 3. The number of carbonyl (C=O) groups is 1. The van der Waals surface area contributed by atoms with Gasteiger partial charge in [0.1, 0.15) is 5.02 Å². The van der Waals surface area contributed by atoms with Gasteiger partial charge in [-0.2, -0.15) is 4.98 Å². The molecule has 2 heterocycles. The van der Waals surface area contributed by atoms with Crippen LogP contribution in [0.1, 0.15) is 12.0 Å². The summed E-state index contributed by atoms with van der Waals surface area (Å²) in [7, 11) is 3.87. The minimum absolute atomic E-state index is 0.0943. The lowest BCUT2D eigenvalue weighted by molar-refractivity contribution is -0.107. The lowest BCUT2D eigenvalue weighted by Crippen LogP contribution is -2.18. The number of nitrogens with zero attached hydrogens (tertiary/aromatic N) is 3. The summed E-state index contributed by atoms with van der Waals surface area (Å²) >= 11 is 12.0. The maximum Gasteiger partial charge on any atom is 0.224 e. The highest BCUT2D eigenvalue weighted by atomic mass is 35.5. The quantitative estimate of drug-likeness (QED) is 0.579. The first-order valence-electron chi connectivity index (χ1n) is 8.32. The smallest absolute Gasteiger partial charge is 0.224 e. The predicted octanol–water partition coefficient (Wildman–Crippen LogP) is 3.47. The molecule has 0 aliphatic carbocycles. The number of ether oxygens (including phenoxy) is 1. The van der Waals surface area contributed by atoms with Crippen LogP contribution in [-0.4, -0.2) is 43.5 Å². The zero-order chi connectivity index (χ0) is 19.4. The average molecular weight is 408 g/mol. The second-order valence-corrected chi connectivity index (χ2v) is 6.82. The first-order valence-corrected chi connectivity index (χ1v) is 9.08. The third-order valence-corrected chi connectivity index (χ3v) is 4.42. The van der Waals surface area contributed by atoms with Gasteiger partial charge in [-0.05, 0) is 36.2 Å². The van der Waals surface area contributed by atoms with Crippen molar-refractivity contribution in [3.8, 4) is 0 Å². The Balaban J connectivity index is 2.06. The fourth-order valence-corrected chi connectivity index (χ4v) is 2.99.